The van der Waals surface area contributed by atoms with E-state index in [4.69, 9.17) is 4.74 Å². The molecule has 1 aliphatic rings. The molecule has 1 fully saturated rings. The lowest BCUT2D eigenvalue weighted by atomic mass is 10.0. The number of sulfonamides is 1. The Morgan fingerprint density at radius 3 is 2.56 bits per heavy atom. The summed E-state index contributed by atoms with van der Waals surface area (Å²) in [5.41, 5.74) is 2.32. The molecule has 7 nitrogen and oxygen atoms in total. The average molecular weight is 474 g/mol. The van der Waals surface area contributed by atoms with Gasteiger partial charge in [-0.2, -0.15) is 9.30 Å². The van der Waals surface area contributed by atoms with Gasteiger partial charge in [-0.25, -0.2) is 8.42 Å². The molecule has 0 aliphatic carbocycles. The molecule has 32 heavy (non-hydrogen) atoms. The smallest absolute Gasteiger partial charge is 0.279 e. The third-order valence-corrected chi connectivity index (χ3v) is 9.03. The number of rotatable bonds is 4. The molecule has 170 valence electrons. The van der Waals surface area contributed by atoms with Crippen LogP contribution in [0, 0.1) is 12.8 Å². The molecule has 1 atom stereocenters. The second-order valence-electron chi connectivity index (χ2n) is 8.26. The molecule has 1 amide bonds. The highest BCUT2D eigenvalue weighted by Gasteiger charge is 2.28. The van der Waals surface area contributed by atoms with E-state index >= 15 is 0 Å². The quantitative estimate of drug-likeness (QED) is 0.578. The highest BCUT2D eigenvalue weighted by Crippen LogP contribution is 2.29. The zero-order valence-electron chi connectivity index (χ0n) is 18.7. The predicted molar refractivity (Wildman–Crippen MR) is 126 cm³/mol. The molecule has 1 aromatic heterocycles. The van der Waals surface area contributed by atoms with E-state index < -0.39 is 15.9 Å². The van der Waals surface area contributed by atoms with Crippen molar-refractivity contribution in [1.29, 1.82) is 0 Å². The molecular formula is C23H27N3O4S2. The lowest BCUT2D eigenvalue weighted by Gasteiger charge is -2.30. The number of hydrogen-bond acceptors (Lipinski definition) is 5. The van der Waals surface area contributed by atoms with Crippen LogP contribution < -0.4 is 9.54 Å². The predicted octanol–water partition coefficient (Wildman–Crippen LogP) is 3.72. The molecule has 2 aromatic carbocycles. The zero-order valence-corrected chi connectivity index (χ0v) is 20.3. The minimum Gasteiger partial charge on any atom is -0.495 e. The number of fused-ring (bicyclic) bond motifs is 1. The number of aromatic nitrogens is 1. The van der Waals surface area contributed by atoms with Crippen molar-refractivity contribution in [1.82, 2.24) is 8.87 Å². The van der Waals surface area contributed by atoms with Gasteiger partial charge in [0, 0.05) is 25.7 Å². The van der Waals surface area contributed by atoms with Gasteiger partial charge < -0.3 is 9.30 Å². The highest BCUT2D eigenvalue weighted by molar-refractivity contribution is 7.89. The number of benzene rings is 2. The fourth-order valence-corrected chi connectivity index (χ4v) is 6.75. The Balaban J connectivity index is 1.65. The van der Waals surface area contributed by atoms with E-state index in [1.807, 2.05) is 30.7 Å². The van der Waals surface area contributed by atoms with Gasteiger partial charge in [-0.1, -0.05) is 24.3 Å². The summed E-state index contributed by atoms with van der Waals surface area (Å²) in [4.78, 5) is 17.9. The molecule has 4 rings (SSSR count). The summed E-state index contributed by atoms with van der Waals surface area (Å²) in [6.45, 7) is 5.14. The Morgan fingerprint density at radius 2 is 1.91 bits per heavy atom. The van der Waals surface area contributed by atoms with Crippen LogP contribution in [0.5, 0.6) is 5.75 Å². The van der Waals surface area contributed by atoms with Gasteiger partial charge in [0.25, 0.3) is 5.91 Å². The number of thiazole rings is 1. The summed E-state index contributed by atoms with van der Waals surface area (Å²) in [5.74, 6) is 0.654. The Hall–Kier alpha value is -2.49. The summed E-state index contributed by atoms with van der Waals surface area (Å²) in [5, 5.41) is 0. The molecular weight excluding hydrogens is 446 g/mol. The summed E-state index contributed by atoms with van der Waals surface area (Å²) < 4.78 is 35.8. The van der Waals surface area contributed by atoms with Crippen LogP contribution in [0.4, 0.5) is 0 Å². The fourth-order valence-electron chi connectivity index (χ4n) is 4.05. The van der Waals surface area contributed by atoms with Gasteiger partial charge in [-0.05, 0) is 61.6 Å². The van der Waals surface area contributed by atoms with Crippen LogP contribution in [0.2, 0.25) is 0 Å². The number of piperidine rings is 1. The van der Waals surface area contributed by atoms with Crippen molar-refractivity contribution in [3.8, 4) is 5.75 Å². The Kier molecular flexibility index (Phi) is 6.24. The topological polar surface area (TPSA) is 81.0 Å². The molecule has 0 N–H and O–H groups in total. The van der Waals surface area contributed by atoms with Gasteiger partial charge >= 0.3 is 0 Å². The molecule has 1 aliphatic heterocycles. The second kappa shape index (κ2) is 8.80. The lowest BCUT2D eigenvalue weighted by molar-refractivity contribution is 0.0998. The maximum Gasteiger partial charge on any atom is 0.279 e. The Labute approximate surface area is 192 Å². The summed E-state index contributed by atoms with van der Waals surface area (Å²) >= 11 is 1.42. The van der Waals surface area contributed by atoms with E-state index in [2.05, 4.69) is 11.9 Å². The third kappa shape index (κ3) is 4.12. The van der Waals surface area contributed by atoms with E-state index in [1.165, 1.54) is 39.9 Å². The van der Waals surface area contributed by atoms with Crippen molar-refractivity contribution in [2.24, 2.45) is 18.0 Å². The van der Waals surface area contributed by atoms with Crippen molar-refractivity contribution in [3.05, 3.63) is 52.3 Å². The summed E-state index contributed by atoms with van der Waals surface area (Å²) in [6.07, 6.45) is 1.91. The van der Waals surface area contributed by atoms with E-state index in [9.17, 15) is 13.2 Å². The number of hydrogen-bond donors (Lipinski definition) is 0. The van der Waals surface area contributed by atoms with Crippen LogP contribution in [0.25, 0.3) is 10.2 Å². The van der Waals surface area contributed by atoms with Crippen LogP contribution in [-0.4, -0.2) is 43.4 Å². The largest absolute Gasteiger partial charge is 0.495 e. The molecule has 1 unspecified atom stereocenters. The van der Waals surface area contributed by atoms with E-state index in [-0.39, 0.29) is 4.90 Å². The Bertz CT molecular complexity index is 1340. The van der Waals surface area contributed by atoms with E-state index in [0.717, 1.165) is 34.4 Å². The van der Waals surface area contributed by atoms with Gasteiger partial charge in [0.05, 0.1) is 16.7 Å². The normalized spacial score (nSPS) is 18.2. The number of nitrogens with zero attached hydrogens (tertiary/aromatic N) is 3. The number of ether oxygens (including phenoxy) is 1. The summed E-state index contributed by atoms with van der Waals surface area (Å²) in [6, 6.07) is 9.94. The Morgan fingerprint density at radius 1 is 1.19 bits per heavy atom. The van der Waals surface area contributed by atoms with Crippen LogP contribution >= 0.6 is 11.3 Å². The standard InChI is InChI=1S/C23H27N3O4S2/c1-15-6-5-13-26(14-15)32(28,29)18-10-8-17(9-11-18)22(27)24-23-25(3)20-19(30-4)12-7-16(2)21(20)31-23/h7-12,15H,5-6,13-14H2,1-4H3. The fraction of sp³-hybridized carbons (Fsp3) is 0.391. The molecule has 1 saturated heterocycles. The van der Waals surface area contributed by atoms with Crippen molar-refractivity contribution in [2.45, 2.75) is 31.6 Å². The van der Waals surface area contributed by atoms with Crippen molar-refractivity contribution in [3.63, 3.8) is 0 Å². The maximum atomic E-state index is 12.9. The van der Waals surface area contributed by atoms with Crippen LogP contribution in [0.15, 0.2) is 46.3 Å². The number of amides is 1. The van der Waals surface area contributed by atoms with Crippen molar-refractivity contribution >= 4 is 37.5 Å². The highest BCUT2D eigenvalue weighted by atomic mass is 32.2. The first kappa shape index (κ1) is 22.7. The number of carbonyl (C=O) groups is 1. The van der Waals surface area contributed by atoms with Gasteiger partial charge in [0.15, 0.2) is 4.80 Å². The number of methoxy groups -OCH3 is 1. The first-order valence-corrected chi connectivity index (χ1v) is 12.8. The van der Waals surface area contributed by atoms with E-state index in [1.54, 1.807) is 7.11 Å². The SMILES string of the molecule is COc1ccc(C)c2sc(=NC(=O)c3ccc(S(=O)(=O)N4CCCC(C)C4)cc3)n(C)c12. The molecule has 2 heterocycles. The average Bonchev–Trinajstić information content (AvgIpc) is 3.11. The van der Waals surface area contributed by atoms with Crippen LogP contribution in [0.3, 0.4) is 0 Å². The van der Waals surface area contributed by atoms with Gasteiger partial charge in [-0.15, -0.1) is 0 Å². The van der Waals surface area contributed by atoms with Gasteiger partial charge in [0.1, 0.15) is 11.3 Å². The molecule has 0 spiro atoms. The molecule has 0 radical (unpaired) electrons. The third-order valence-electron chi connectivity index (χ3n) is 5.88. The molecule has 9 heteroatoms. The maximum absolute atomic E-state index is 12.9. The second-order valence-corrected chi connectivity index (χ2v) is 11.2. The molecule has 3 aromatic rings. The molecule has 0 bridgehead atoms. The number of aryl methyl sites for hydroxylation is 2. The van der Waals surface area contributed by atoms with Crippen LogP contribution in [-0.2, 0) is 17.1 Å². The minimum atomic E-state index is -3.56. The van der Waals surface area contributed by atoms with Crippen molar-refractivity contribution < 1.29 is 17.9 Å². The summed E-state index contributed by atoms with van der Waals surface area (Å²) in [7, 11) is -0.0930. The van der Waals surface area contributed by atoms with Gasteiger partial charge in [-0.3, -0.25) is 4.79 Å². The lowest BCUT2D eigenvalue weighted by Crippen LogP contribution is -2.39. The minimum absolute atomic E-state index is 0.205. The first-order valence-electron chi connectivity index (χ1n) is 10.5. The van der Waals surface area contributed by atoms with Crippen LogP contribution in [0.1, 0.15) is 35.7 Å². The first-order chi connectivity index (χ1) is 15.2. The molecule has 0 saturated carbocycles. The number of carbonyl (C=O) groups excluding carboxylic acids is 1. The van der Waals surface area contributed by atoms with E-state index in [0.29, 0.717) is 29.4 Å². The van der Waals surface area contributed by atoms with Gasteiger partial charge in [0.2, 0.25) is 10.0 Å². The monoisotopic (exact) mass is 473 g/mol. The zero-order chi connectivity index (χ0) is 23.0. The van der Waals surface area contributed by atoms with Crippen molar-refractivity contribution in [2.75, 3.05) is 20.2 Å².